The van der Waals surface area contributed by atoms with E-state index in [1.807, 2.05) is 6.07 Å². The van der Waals surface area contributed by atoms with Crippen molar-refractivity contribution in [2.24, 2.45) is 0 Å². The molecule has 5 aromatic carbocycles. The van der Waals surface area contributed by atoms with Crippen molar-refractivity contribution in [2.75, 3.05) is 5.32 Å². The van der Waals surface area contributed by atoms with E-state index in [1.54, 1.807) is 0 Å². The SMILES string of the molecule is Cc1ccc(C(Nc2ccc3ccccc3c2)c2ccc(C=Cc3ccccc3)cc2)cc1. The number of aryl methyl sites for hydroxylation is 1. The number of nitrogens with one attached hydrogen (secondary N) is 1. The predicted molar refractivity (Wildman–Crippen MR) is 142 cm³/mol. The van der Waals surface area contributed by atoms with Gasteiger partial charge in [-0.2, -0.15) is 0 Å². The maximum Gasteiger partial charge on any atom is 0.0767 e. The molecule has 0 aromatic heterocycles. The first-order valence-corrected chi connectivity index (χ1v) is 11.4. The summed E-state index contributed by atoms with van der Waals surface area (Å²) in [7, 11) is 0. The lowest BCUT2D eigenvalue weighted by atomic mass is 9.96. The molecule has 1 unspecified atom stereocenters. The fourth-order valence-corrected chi connectivity index (χ4v) is 4.12. The lowest BCUT2D eigenvalue weighted by molar-refractivity contribution is 0.938. The second-order valence-electron chi connectivity index (χ2n) is 8.46. The highest BCUT2D eigenvalue weighted by Gasteiger charge is 2.14. The van der Waals surface area contributed by atoms with E-state index in [9.17, 15) is 0 Å². The Bertz CT molecular complexity index is 1360. The molecule has 1 N–H and O–H groups in total. The molecule has 0 fully saturated rings. The highest BCUT2D eigenvalue weighted by atomic mass is 14.9. The van der Waals surface area contributed by atoms with E-state index in [0.29, 0.717) is 0 Å². The molecule has 5 rings (SSSR count). The van der Waals surface area contributed by atoms with Gasteiger partial charge in [0.05, 0.1) is 6.04 Å². The van der Waals surface area contributed by atoms with Gasteiger partial charge in [0, 0.05) is 5.69 Å². The van der Waals surface area contributed by atoms with Crippen LogP contribution < -0.4 is 5.32 Å². The second-order valence-corrected chi connectivity index (χ2v) is 8.46. The molecule has 1 heteroatoms. The highest BCUT2D eigenvalue weighted by Crippen LogP contribution is 2.29. The molecule has 0 saturated heterocycles. The normalized spacial score (nSPS) is 12.2. The van der Waals surface area contributed by atoms with Crippen molar-refractivity contribution < 1.29 is 0 Å². The molecular formula is C32H27N. The third kappa shape index (κ3) is 5.05. The van der Waals surface area contributed by atoms with Gasteiger partial charge >= 0.3 is 0 Å². The van der Waals surface area contributed by atoms with Crippen LogP contribution >= 0.6 is 0 Å². The van der Waals surface area contributed by atoms with Gasteiger partial charge in [-0.25, -0.2) is 0 Å². The number of benzene rings is 5. The van der Waals surface area contributed by atoms with E-state index in [4.69, 9.17) is 0 Å². The molecule has 0 saturated carbocycles. The molecule has 1 nitrogen and oxygen atoms in total. The van der Waals surface area contributed by atoms with E-state index < -0.39 is 0 Å². The first-order chi connectivity index (χ1) is 16.2. The average molecular weight is 426 g/mol. The lowest BCUT2D eigenvalue weighted by Gasteiger charge is -2.22. The summed E-state index contributed by atoms with van der Waals surface area (Å²) in [5.41, 5.74) is 7.27. The molecule has 0 heterocycles. The van der Waals surface area contributed by atoms with E-state index in [1.165, 1.54) is 38.6 Å². The number of fused-ring (bicyclic) bond motifs is 1. The molecule has 0 bridgehead atoms. The van der Waals surface area contributed by atoms with Gasteiger partial charge in [-0.15, -0.1) is 0 Å². The Kier molecular flexibility index (Phi) is 6.04. The standard InChI is InChI=1S/C32H27N/c1-24-11-17-28(18-12-24)32(33-31-22-21-27-9-5-6-10-30(27)23-31)29-19-15-26(16-20-29)14-13-25-7-3-2-4-8-25/h2-23,32-33H,1H3. The van der Waals surface area contributed by atoms with Crippen molar-refractivity contribution >= 4 is 28.6 Å². The Morgan fingerprint density at radius 3 is 1.82 bits per heavy atom. The average Bonchev–Trinajstić information content (AvgIpc) is 2.88. The molecule has 0 amide bonds. The number of hydrogen-bond donors (Lipinski definition) is 1. The molecule has 0 radical (unpaired) electrons. The van der Waals surface area contributed by atoms with Gasteiger partial charge in [0.2, 0.25) is 0 Å². The third-order valence-corrected chi connectivity index (χ3v) is 6.01. The Morgan fingerprint density at radius 1 is 0.545 bits per heavy atom. The fraction of sp³-hybridized carbons (Fsp3) is 0.0625. The molecule has 1 atom stereocenters. The van der Waals surface area contributed by atoms with Crippen molar-refractivity contribution in [2.45, 2.75) is 13.0 Å². The zero-order valence-corrected chi connectivity index (χ0v) is 18.8. The molecule has 5 aromatic rings. The van der Waals surface area contributed by atoms with E-state index >= 15 is 0 Å². The smallest absolute Gasteiger partial charge is 0.0767 e. The van der Waals surface area contributed by atoms with Gasteiger partial charge in [-0.3, -0.25) is 0 Å². The molecule has 0 aliphatic heterocycles. The van der Waals surface area contributed by atoms with Crippen LogP contribution in [-0.4, -0.2) is 0 Å². The summed E-state index contributed by atoms with van der Waals surface area (Å²) in [6, 6.07) is 43.2. The van der Waals surface area contributed by atoms with E-state index in [0.717, 1.165) is 5.69 Å². The van der Waals surface area contributed by atoms with Crippen LogP contribution in [0.3, 0.4) is 0 Å². The van der Waals surface area contributed by atoms with Gasteiger partial charge in [-0.05, 0) is 52.1 Å². The second kappa shape index (κ2) is 9.58. The zero-order chi connectivity index (χ0) is 22.5. The molecule has 0 aliphatic carbocycles. The first kappa shape index (κ1) is 20.8. The van der Waals surface area contributed by atoms with Gasteiger partial charge in [0.25, 0.3) is 0 Å². The summed E-state index contributed by atoms with van der Waals surface area (Å²) in [6.07, 6.45) is 4.32. The first-order valence-electron chi connectivity index (χ1n) is 11.4. The quantitative estimate of drug-likeness (QED) is 0.269. The Labute approximate surface area is 196 Å². The molecule has 160 valence electrons. The van der Waals surface area contributed by atoms with Crippen LogP contribution in [-0.2, 0) is 0 Å². The summed E-state index contributed by atoms with van der Waals surface area (Å²) >= 11 is 0. The number of hydrogen-bond acceptors (Lipinski definition) is 1. The third-order valence-electron chi connectivity index (χ3n) is 6.01. The summed E-state index contributed by atoms with van der Waals surface area (Å²) in [5.74, 6) is 0. The minimum atomic E-state index is 0.0684. The molecule has 0 aliphatic rings. The molecule has 33 heavy (non-hydrogen) atoms. The number of rotatable bonds is 6. The van der Waals surface area contributed by atoms with Crippen LogP contribution in [0.5, 0.6) is 0 Å². The van der Waals surface area contributed by atoms with Gasteiger partial charge in [0.15, 0.2) is 0 Å². The summed E-state index contributed by atoms with van der Waals surface area (Å²) in [4.78, 5) is 0. The zero-order valence-electron chi connectivity index (χ0n) is 18.8. The summed E-state index contributed by atoms with van der Waals surface area (Å²) in [5, 5.41) is 6.28. The number of anilines is 1. The van der Waals surface area contributed by atoms with Crippen molar-refractivity contribution in [3.8, 4) is 0 Å². The van der Waals surface area contributed by atoms with Crippen LogP contribution in [0.2, 0.25) is 0 Å². The molecule has 0 spiro atoms. The highest BCUT2D eigenvalue weighted by molar-refractivity contribution is 5.85. The Morgan fingerprint density at radius 2 is 1.12 bits per heavy atom. The van der Waals surface area contributed by atoms with Crippen LogP contribution in [0.1, 0.15) is 33.9 Å². The topological polar surface area (TPSA) is 12.0 Å². The predicted octanol–water partition coefficient (Wildman–Crippen LogP) is 8.52. The van der Waals surface area contributed by atoms with Crippen molar-refractivity contribution in [3.63, 3.8) is 0 Å². The van der Waals surface area contributed by atoms with Gasteiger partial charge < -0.3 is 5.32 Å². The van der Waals surface area contributed by atoms with E-state index in [2.05, 4.69) is 140 Å². The minimum Gasteiger partial charge on any atom is -0.374 e. The minimum absolute atomic E-state index is 0.0684. The Balaban J connectivity index is 1.44. The summed E-state index contributed by atoms with van der Waals surface area (Å²) in [6.45, 7) is 2.13. The van der Waals surface area contributed by atoms with Crippen LogP contribution in [0, 0.1) is 6.92 Å². The fourth-order valence-electron chi connectivity index (χ4n) is 4.12. The van der Waals surface area contributed by atoms with Crippen molar-refractivity contribution in [1.29, 1.82) is 0 Å². The monoisotopic (exact) mass is 425 g/mol. The van der Waals surface area contributed by atoms with Crippen molar-refractivity contribution in [3.05, 3.63) is 149 Å². The maximum atomic E-state index is 3.78. The van der Waals surface area contributed by atoms with Gasteiger partial charge in [-0.1, -0.05) is 127 Å². The molecular weight excluding hydrogens is 398 g/mol. The lowest BCUT2D eigenvalue weighted by Crippen LogP contribution is -2.12. The summed E-state index contributed by atoms with van der Waals surface area (Å²) < 4.78 is 0. The van der Waals surface area contributed by atoms with Gasteiger partial charge in [0.1, 0.15) is 0 Å². The maximum absolute atomic E-state index is 3.78. The van der Waals surface area contributed by atoms with E-state index in [-0.39, 0.29) is 6.04 Å². The Hall–Kier alpha value is -4.10. The largest absolute Gasteiger partial charge is 0.374 e. The van der Waals surface area contributed by atoms with Crippen molar-refractivity contribution in [1.82, 2.24) is 0 Å². The van der Waals surface area contributed by atoms with Crippen LogP contribution in [0.25, 0.3) is 22.9 Å². The van der Waals surface area contributed by atoms with Crippen LogP contribution in [0.15, 0.2) is 121 Å². The van der Waals surface area contributed by atoms with Crippen LogP contribution in [0.4, 0.5) is 5.69 Å².